The van der Waals surface area contributed by atoms with Crippen LogP contribution in [0.25, 0.3) is 0 Å². The fourth-order valence-corrected chi connectivity index (χ4v) is 14.5. The molecule has 4 heteroatoms. The van der Waals surface area contributed by atoms with Gasteiger partial charge < -0.3 is 14.6 Å². The second-order valence-corrected chi connectivity index (χ2v) is 17.3. The van der Waals surface area contributed by atoms with E-state index in [1.807, 2.05) is 0 Å². The summed E-state index contributed by atoms with van der Waals surface area (Å²) in [7, 11) is -2.76. The molecule has 41 heavy (non-hydrogen) atoms. The first-order valence-electron chi connectivity index (χ1n) is 16.1. The lowest BCUT2D eigenvalue weighted by atomic mass is 9.44. The Morgan fingerprint density at radius 2 is 1.29 bits per heavy atom. The maximum absolute atomic E-state index is 11.1. The summed E-state index contributed by atoms with van der Waals surface area (Å²) >= 11 is 0. The Balaban J connectivity index is 1.22. The molecule has 4 aliphatic carbocycles. The van der Waals surface area contributed by atoms with E-state index in [1.54, 1.807) is 0 Å². The molecule has 4 fully saturated rings. The summed E-state index contributed by atoms with van der Waals surface area (Å²) in [5.41, 5.74) is 0.0886. The predicted molar refractivity (Wildman–Crippen MR) is 168 cm³/mol. The van der Waals surface area contributed by atoms with Crippen LogP contribution in [0.4, 0.5) is 0 Å². The van der Waals surface area contributed by atoms with Gasteiger partial charge in [-0.3, -0.25) is 0 Å². The Hall–Kier alpha value is -2.24. The number of aliphatic hydroxyl groups excluding tert-OH is 2. The van der Waals surface area contributed by atoms with Gasteiger partial charge >= 0.3 is 0 Å². The molecule has 0 unspecified atom stereocenters. The zero-order valence-electron chi connectivity index (χ0n) is 24.5. The van der Waals surface area contributed by atoms with Crippen LogP contribution in [-0.2, 0) is 4.43 Å². The van der Waals surface area contributed by atoms with Crippen molar-refractivity contribution in [3.05, 3.63) is 91.0 Å². The van der Waals surface area contributed by atoms with Gasteiger partial charge in [0.1, 0.15) is 0 Å². The van der Waals surface area contributed by atoms with Crippen molar-refractivity contribution in [1.29, 1.82) is 0 Å². The second kappa shape index (κ2) is 10.8. The SMILES string of the molecule is C[C@]12CC[C@H]3[C@@H](CC[C@H]4C[C@@H](O[Si](c5ccccc5)(c5ccccc5)c5ccccc5)CC[C@@]43CO)[C@@H]1CC[C@@H]2O. The Morgan fingerprint density at radius 3 is 1.85 bits per heavy atom. The van der Waals surface area contributed by atoms with Gasteiger partial charge in [0, 0.05) is 12.7 Å². The normalized spacial score (nSPS) is 36.7. The monoisotopic (exact) mass is 566 g/mol. The molecule has 2 N–H and O–H groups in total. The van der Waals surface area contributed by atoms with Gasteiger partial charge in [-0.15, -0.1) is 0 Å². The molecule has 0 saturated heterocycles. The molecule has 0 amide bonds. The number of hydrogen-bond donors (Lipinski definition) is 2. The van der Waals surface area contributed by atoms with Crippen molar-refractivity contribution >= 4 is 23.9 Å². The van der Waals surface area contributed by atoms with Gasteiger partial charge in [-0.2, -0.15) is 0 Å². The second-order valence-electron chi connectivity index (χ2n) is 14.0. The lowest BCUT2D eigenvalue weighted by molar-refractivity contribution is -0.156. The summed E-state index contributed by atoms with van der Waals surface area (Å²) in [6.45, 7) is 2.66. The number of hydrogen-bond acceptors (Lipinski definition) is 3. The van der Waals surface area contributed by atoms with Gasteiger partial charge in [-0.05, 0) is 108 Å². The van der Waals surface area contributed by atoms with E-state index in [0.29, 0.717) is 30.3 Å². The molecule has 4 saturated carbocycles. The Kier molecular flexibility index (Phi) is 7.26. The molecule has 4 aliphatic rings. The lowest BCUT2D eigenvalue weighted by Gasteiger charge is -2.61. The van der Waals surface area contributed by atoms with Crippen molar-refractivity contribution in [2.24, 2.45) is 34.5 Å². The molecule has 0 heterocycles. The summed E-state index contributed by atoms with van der Waals surface area (Å²) in [4.78, 5) is 0. The predicted octanol–water partition coefficient (Wildman–Crippen LogP) is 5.41. The number of fused-ring (bicyclic) bond motifs is 5. The molecule has 8 atom stereocenters. The van der Waals surface area contributed by atoms with Crippen molar-refractivity contribution in [3.8, 4) is 0 Å². The van der Waals surface area contributed by atoms with Crippen molar-refractivity contribution in [2.45, 2.75) is 76.9 Å². The molecular formula is C37H46O3Si. The van der Waals surface area contributed by atoms with Gasteiger partial charge in [0.05, 0.1) is 6.10 Å². The van der Waals surface area contributed by atoms with Crippen LogP contribution in [0.15, 0.2) is 91.0 Å². The summed E-state index contributed by atoms with van der Waals surface area (Å²) in [6, 6.07) is 32.9. The van der Waals surface area contributed by atoms with Gasteiger partial charge in [0.25, 0.3) is 8.32 Å². The van der Waals surface area contributed by atoms with E-state index in [-0.39, 0.29) is 23.0 Å². The minimum absolute atomic E-state index is 0.00804. The molecule has 0 aliphatic heterocycles. The third-order valence-corrected chi connectivity index (χ3v) is 16.6. The molecule has 3 aromatic rings. The zero-order valence-corrected chi connectivity index (χ0v) is 25.5. The fourth-order valence-electron chi connectivity index (χ4n) is 10.4. The van der Waals surface area contributed by atoms with Crippen LogP contribution in [0.3, 0.4) is 0 Å². The first kappa shape index (κ1) is 27.6. The highest BCUT2D eigenvalue weighted by Gasteiger charge is 2.61. The highest BCUT2D eigenvalue weighted by atomic mass is 28.4. The molecule has 0 bridgehead atoms. The third kappa shape index (κ3) is 4.32. The first-order valence-corrected chi connectivity index (χ1v) is 18.1. The van der Waals surface area contributed by atoms with Crippen molar-refractivity contribution < 1.29 is 14.6 Å². The number of benzene rings is 3. The van der Waals surface area contributed by atoms with Crippen LogP contribution >= 0.6 is 0 Å². The van der Waals surface area contributed by atoms with Crippen LogP contribution in [0.2, 0.25) is 0 Å². The highest BCUT2D eigenvalue weighted by Crippen LogP contribution is 2.66. The van der Waals surface area contributed by atoms with Gasteiger partial charge in [0.2, 0.25) is 0 Å². The topological polar surface area (TPSA) is 49.7 Å². The van der Waals surface area contributed by atoms with Crippen LogP contribution < -0.4 is 15.6 Å². The van der Waals surface area contributed by atoms with E-state index in [2.05, 4.69) is 97.9 Å². The zero-order chi connectivity index (χ0) is 28.1. The van der Waals surface area contributed by atoms with Crippen LogP contribution in [0, 0.1) is 34.5 Å². The van der Waals surface area contributed by atoms with Crippen molar-refractivity contribution in [1.82, 2.24) is 0 Å². The summed E-state index contributed by atoms with van der Waals surface area (Å²) in [5.74, 6) is 2.34. The molecule has 0 radical (unpaired) electrons. The first-order chi connectivity index (χ1) is 20.0. The summed E-state index contributed by atoms with van der Waals surface area (Å²) in [6.07, 6.45) is 9.94. The molecule has 3 aromatic carbocycles. The van der Waals surface area contributed by atoms with Crippen LogP contribution in [-0.4, -0.2) is 37.3 Å². The maximum Gasteiger partial charge on any atom is 0.288 e. The van der Waals surface area contributed by atoms with E-state index in [4.69, 9.17) is 4.43 Å². The molecule has 7 rings (SSSR count). The molecule has 0 spiro atoms. The maximum atomic E-state index is 11.1. The minimum Gasteiger partial charge on any atom is -0.401 e. The summed E-state index contributed by atoms with van der Waals surface area (Å²) in [5, 5.41) is 25.9. The smallest absolute Gasteiger partial charge is 0.288 e. The average Bonchev–Trinajstić information content (AvgIpc) is 3.34. The number of aliphatic hydroxyl groups is 2. The van der Waals surface area contributed by atoms with E-state index in [1.165, 1.54) is 28.4 Å². The van der Waals surface area contributed by atoms with Gasteiger partial charge in [-0.25, -0.2) is 0 Å². The quantitative estimate of drug-likeness (QED) is 0.310. The Bertz CT molecular complexity index is 1220. The largest absolute Gasteiger partial charge is 0.401 e. The van der Waals surface area contributed by atoms with E-state index in [0.717, 1.165) is 44.9 Å². The van der Waals surface area contributed by atoms with E-state index >= 15 is 0 Å². The summed E-state index contributed by atoms with van der Waals surface area (Å²) < 4.78 is 7.64. The highest BCUT2D eigenvalue weighted by molar-refractivity contribution is 7.07. The van der Waals surface area contributed by atoms with E-state index < -0.39 is 8.32 Å². The Morgan fingerprint density at radius 1 is 0.707 bits per heavy atom. The minimum atomic E-state index is -2.76. The number of rotatable bonds is 6. The molecule has 0 aromatic heterocycles. The molecular weight excluding hydrogens is 520 g/mol. The lowest BCUT2D eigenvalue weighted by Crippen LogP contribution is -2.71. The van der Waals surface area contributed by atoms with Crippen LogP contribution in [0.1, 0.15) is 64.7 Å². The van der Waals surface area contributed by atoms with Crippen LogP contribution in [0.5, 0.6) is 0 Å². The average molecular weight is 567 g/mol. The standard InChI is InChI=1S/C37H46O3Si/c1-36-23-22-34-32(33(36)19-20-35(36)39)18-17-27-25-28(21-24-37(27,34)26-38)40-41(29-11-5-2-6-12-29,30-13-7-3-8-14-30)31-15-9-4-10-16-31/h2-16,27-28,32-35,38-39H,17-26H2,1H3/t27-,28-,32-,33-,34-,35-,36-,37+/m0/s1. The van der Waals surface area contributed by atoms with Crippen molar-refractivity contribution in [2.75, 3.05) is 6.61 Å². The van der Waals surface area contributed by atoms with Gasteiger partial charge in [0.15, 0.2) is 0 Å². The Labute approximate surface area is 247 Å². The van der Waals surface area contributed by atoms with E-state index in [9.17, 15) is 10.2 Å². The molecule has 216 valence electrons. The van der Waals surface area contributed by atoms with Crippen molar-refractivity contribution in [3.63, 3.8) is 0 Å². The fraction of sp³-hybridized carbons (Fsp3) is 0.514. The molecule has 3 nitrogen and oxygen atoms in total. The van der Waals surface area contributed by atoms with Gasteiger partial charge in [-0.1, -0.05) is 97.9 Å². The third-order valence-electron chi connectivity index (χ3n) is 12.4.